The molecule has 0 aliphatic carbocycles. The Labute approximate surface area is 104 Å². The predicted octanol–water partition coefficient (Wildman–Crippen LogP) is 2.52. The monoisotopic (exact) mass is 340 g/mol. The number of aryl methyl sites for hydroxylation is 1. The molecular formula is C8H10Br2N2OS. The third kappa shape index (κ3) is 3.10. The van der Waals surface area contributed by atoms with Crippen molar-refractivity contribution in [3.8, 4) is 0 Å². The Hall–Kier alpha value is 0.190. The number of aromatic nitrogens is 2. The molecule has 0 aliphatic rings. The molecule has 1 heterocycles. The lowest BCUT2D eigenvalue weighted by Gasteiger charge is -2.04. The SMILES string of the molecule is CCSCCn1ncc(Br)c(Br)c1=O. The van der Waals surface area contributed by atoms with Crippen LogP contribution < -0.4 is 5.56 Å². The Kier molecular flexibility index (Phi) is 5.19. The van der Waals surface area contributed by atoms with Gasteiger partial charge >= 0.3 is 0 Å². The molecule has 1 aromatic heterocycles. The summed E-state index contributed by atoms with van der Waals surface area (Å²) >= 11 is 8.24. The van der Waals surface area contributed by atoms with Crippen molar-refractivity contribution in [2.24, 2.45) is 0 Å². The summed E-state index contributed by atoms with van der Waals surface area (Å²) in [5.74, 6) is 1.98. The van der Waals surface area contributed by atoms with Crippen LogP contribution in [0, 0.1) is 0 Å². The fourth-order valence-electron chi connectivity index (χ4n) is 0.900. The topological polar surface area (TPSA) is 34.9 Å². The zero-order chi connectivity index (χ0) is 10.6. The van der Waals surface area contributed by atoms with E-state index in [4.69, 9.17) is 0 Å². The molecular weight excluding hydrogens is 332 g/mol. The summed E-state index contributed by atoms with van der Waals surface area (Å²) in [6.07, 6.45) is 1.63. The molecule has 0 saturated heterocycles. The predicted molar refractivity (Wildman–Crippen MR) is 66.9 cm³/mol. The Morgan fingerprint density at radius 3 is 2.93 bits per heavy atom. The summed E-state index contributed by atoms with van der Waals surface area (Å²) in [4.78, 5) is 11.6. The summed E-state index contributed by atoms with van der Waals surface area (Å²) in [6, 6.07) is 0. The van der Waals surface area contributed by atoms with E-state index in [-0.39, 0.29) is 5.56 Å². The van der Waals surface area contributed by atoms with Crippen molar-refractivity contribution in [2.75, 3.05) is 11.5 Å². The Bertz CT molecular complexity index is 367. The Morgan fingerprint density at radius 1 is 1.57 bits per heavy atom. The second-order valence-electron chi connectivity index (χ2n) is 2.53. The summed E-state index contributed by atoms with van der Waals surface area (Å²) in [7, 11) is 0. The first-order chi connectivity index (χ1) is 6.66. The van der Waals surface area contributed by atoms with Crippen molar-refractivity contribution in [3.63, 3.8) is 0 Å². The van der Waals surface area contributed by atoms with Gasteiger partial charge in [0, 0.05) is 5.75 Å². The van der Waals surface area contributed by atoms with Gasteiger partial charge in [-0.05, 0) is 37.6 Å². The van der Waals surface area contributed by atoms with Gasteiger partial charge in [-0.15, -0.1) is 0 Å². The lowest BCUT2D eigenvalue weighted by Crippen LogP contribution is -2.24. The number of hydrogen-bond donors (Lipinski definition) is 0. The first-order valence-electron chi connectivity index (χ1n) is 4.15. The van der Waals surface area contributed by atoms with Crippen molar-refractivity contribution in [2.45, 2.75) is 13.5 Å². The van der Waals surface area contributed by atoms with Crippen LogP contribution in [0.3, 0.4) is 0 Å². The zero-order valence-corrected chi connectivity index (χ0v) is 11.7. The van der Waals surface area contributed by atoms with Crippen LogP contribution in [0.15, 0.2) is 19.9 Å². The maximum Gasteiger partial charge on any atom is 0.282 e. The molecule has 14 heavy (non-hydrogen) atoms. The van der Waals surface area contributed by atoms with Gasteiger partial charge < -0.3 is 0 Å². The van der Waals surface area contributed by atoms with Gasteiger partial charge in [0.25, 0.3) is 5.56 Å². The van der Waals surface area contributed by atoms with E-state index in [0.717, 1.165) is 11.5 Å². The smallest absolute Gasteiger partial charge is 0.266 e. The molecule has 0 N–H and O–H groups in total. The summed E-state index contributed by atoms with van der Waals surface area (Å²) < 4.78 is 2.70. The van der Waals surface area contributed by atoms with Gasteiger partial charge in [0.05, 0.1) is 17.2 Å². The van der Waals surface area contributed by atoms with Crippen LogP contribution in [0.25, 0.3) is 0 Å². The van der Waals surface area contributed by atoms with Gasteiger partial charge in [0.2, 0.25) is 0 Å². The fraction of sp³-hybridized carbons (Fsp3) is 0.500. The van der Waals surface area contributed by atoms with Crippen molar-refractivity contribution >= 4 is 43.6 Å². The van der Waals surface area contributed by atoms with Gasteiger partial charge in [0.1, 0.15) is 4.47 Å². The van der Waals surface area contributed by atoms with Crippen LogP contribution in [0.4, 0.5) is 0 Å². The van der Waals surface area contributed by atoms with Crippen LogP contribution >= 0.6 is 43.6 Å². The molecule has 0 amide bonds. The summed E-state index contributed by atoms with van der Waals surface area (Å²) in [5, 5.41) is 4.02. The third-order valence-corrected chi connectivity index (χ3v) is 4.37. The van der Waals surface area contributed by atoms with E-state index in [1.54, 1.807) is 18.0 Å². The highest BCUT2D eigenvalue weighted by Gasteiger charge is 2.05. The Balaban J connectivity index is 2.79. The van der Waals surface area contributed by atoms with E-state index >= 15 is 0 Å². The molecule has 0 saturated carbocycles. The van der Waals surface area contributed by atoms with Crippen LogP contribution in [-0.2, 0) is 6.54 Å². The fourth-order valence-corrected chi connectivity index (χ4v) is 2.06. The Morgan fingerprint density at radius 2 is 2.29 bits per heavy atom. The molecule has 0 radical (unpaired) electrons. The molecule has 0 bridgehead atoms. The highest BCUT2D eigenvalue weighted by molar-refractivity contribution is 9.13. The number of nitrogens with zero attached hydrogens (tertiary/aromatic N) is 2. The number of hydrogen-bond acceptors (Lipinski definition) is 3. The molecule has 0 aliphatic heterocycles. The van der Waals surface area contributed by atoms with Gasteiger partial charge in [-0.1, -0.05) is 6.92 Å². The average Bonchev–Trinajstić information content (AvgIpc) is 2.18. The van der Waals surface area contributed by atoms with Gasteiger partial charge in [-0.2, -0.15) is 16.9 Å². The van der Waals surface area contributed by atoms with E-state index in [2.05, 4.69) is 43.9 Å². The minimum atomic E-state index is -0.0870. The summed E-state index contributed by atoms with van der Waals surface area (Å²) in [5.41, 5.74) is -0.0870. The molecule has 0 aromatic carbocycles. The molecule has 1 rings (SSSR count). The van der Waals surface area contributed by atoms with E-state index < -0.39 is 0 Å². The lowest BCUT2D eigenvalue weighted by molar-refractivity contribution is 0.615. The molecule has 0 fully saturated rings. The maximum absolute atomic E-state index is 11.6. The first kappa shape index (κ1) is 12.3. The second kappa shape index (κ2) is 5.92. The van der Waals surface area contributed by atoms with Crippen molar-refractivity contribution in [3.05, 3.63) is 25.5 Å². The molecule has 0 atom stereocenters. The molecule has 0 spiro atoms. The molecule has 0 unspecified atom stereocenters. The van der Waals surface area contributed by atoms with E-state index in [1.807, 2.05) is 0 Å². The highest BCUT2D eigenvalue weighted by atomic mass is 79.9. The molecule has 3 nitrogen and oxygen atoms in total. The zero-order valence-electron chi connectivity index (χ0n) is 7.67. The van der Waals surface area contributed by atoms with Crippen LogP contribution in [-0.4, -0.2) is 21.3 Å². The number of thioether (sulfide) groups is 1. The largest absolute Gasteiger partial charge is 0.282 e. The van der Waals surface area contributed by atoms with Crippen LogP contribution in [0.1, 0.15) is 6.92 Å². The molecule has 1 aromatic rings. The summed E-state index contributed by atoms with van der Waals surface area (Å²) in [6.45, 7) is 2.75. The molecule has 6 heteroatoms. The highest BCUT2D eigenvalue weighted by Crippen LogP contribution is 2.16. The number of halogens is 2. The minimum absolute atomic E-state index is 0.0870. The van der Waals surface area contributed by atoms with Gasteiger partial charge in [0.15, 0.2) is 0 Å². The van der Waals surface area contributed by atoms with E-state index in [0.29, 0.717) is 15.5 Å². The van der Waals surface area contributed by atoms with E-state index in [1.165, 1.54) is 4.68 Å². The van der Waals surface area contributed by atoms with Crippen molar-refractivity contribution < 1.29 is 0 Å². The second-order valence-corrected chi connectivity index (χ2v) is 5.57. The maximum atomic E-state index is 11.6. The standard InChI is InChI=1S/C8H10Br2N2OS/c1-2-14-4-3-12-8(13)7(10)6(9)5-11-12/h5H,2-4H2,1H3. The van der Waals surface area contributed by atoms with Gasteiger partial charge in [-0.25, -0.2) is 4.68 Å². The van der Waals surface area contributed by atoms with Gasteiger partial charge in [-0.3, -0.25) is 4.79 Å². The third-order valence-electron chi connectivity index (χ3n) is 1.59. The van der Waals surface area contributed by atoms with Crippen LogP contribution in [0.5, 0.6) is 0 Å². The van der Waals surface area contributed by atoms with Crippen molar-refractivity contribution in [1.29, 1.82) is 0 Å². The first-order valence-corrected chi connectivity index (χ1v) is 6.89. The van der Waals surface area contributed by atoms with Crippen molar-refractivity contribution in [1.82, 2.24) is 9.78 Å². The average molecular weight is 342 g/mol. The normalized spacial score (nSPS) is 10.5. The quantitative estimate of drug-likeness (QED) is 0.789. The number of rotatable bonds is 4. The molecule has 78 valence electrons. The minimum Gasteiger partial charge on any atom is -0.266 e. The van der Waals surface area contributed by atoms with E-state index in [9.17, 15) is 4.79 Å². The van der Waals surface area contributed by atoms with Crippen LogP contribution in [0.2, 0.25) is 0 Å². The lowest BCUT2D eigenvalue weighted by atomic mass is 10.5.